The van der Waals surface area contributed by atoms with Crippen molar-refractivity contribution in [2.75, 3.05) is 18.4 Å². The number of rotatable bonds is 7. The van der Waals surface area contributed by atoms with E-state index in [4.69, 9.17) is 14.2 Å². The van der Waals surface area contributed by atoms with E-state index < -0.39 is 47.2 Å². The standard InChI is InChI=1S/C27H45N9O8/c1-25(2,3)42-21(37)29-16-36(24(40)41)30-13-11-18(17-15-31-35-14-10-12-28-19(17)35)32-20(33-22(38)43-26(4,5)6)34-23(39)44-27(7,8)9/h15-16,18,28,30H,10-14H2,1-9H3,(H,40,41)(H2,32,33,34,38,39). The first-order valence-corrected chi connectivity index (χ1v) is 14.1. The number of nitrogens with one attached hydrogen (secondary N) is 4. The largest absolute Gasteiger partial charge is 0.464 e. The second kappa shape index (κ2) is 14.9. The predicted octanol–water partition coefficient (Wildman–Crippen LogP) is 3.98. The van der Waals surface area contributed by atoms with Gasteiger partial charge in [-0.25, -0.2) is 29.3 Å². The first kappa shape index (κ1) is 35.8. The molecule has 17 heteroatoms. The fraction of sp³-hybridized carbons (Fsp3) is 0.667. The number of alkyl carbamates (subject to hydrolysis) is 1. The van der Waals surface area contributed by atoms with Crippen LogP contribution < -0.4 is 21.4 Å². The highest BCUT2D eigenvalue weighted by atomic mass is 16.6. The summed E-state index contributed by atoms with van der Waals surface area (Å²) in [5.41, 5.74) is 0.849. The summed E-state index contributed by atoms with van der Waals surface area (Å²) < 4.78 is 17.5. The Kier molecular flexibility index (Phi) is 12.1. The van der Waals surface area contributed by atoms with Gasteiger partial charge in [0.15, 0.2) is 0 Å². The Bertz CT molecular complexity index is 1240. The van der Waals surface area contributed by atoms with Gasteiger partial charge in [-0.1, -0.05) is 0 Å². The molecule has 17 nitrogen and oxygen atoms in total. The van der Waals surface area contributed by atoms with Gasteiger partial charge in [0, 0.05) is 25.2 Å². The molecular formula is C27H45N9O8. The molecule has 0 bridgehead atoms. The number of carbonyl (C=O) groups is 4. The Labute approximate surface area is 256 Å². The lowest BCUT2D eigenvalue weighted by Gasteiger charge is -2.26. The van der Waals surface area contributed by atoms with Gasteiger partial charge >= 0.3 is 24.4 Å². The number of carboxylic acid groups (broad SMARTS) is 1. The van der Waals surface area contributed by atoms with Gasteiger partial charge in [-0.15, -0.1) is 4.99 Å². The normalized spacial score (nSPS) is 14.6. The third kappa shape index (κ3) is 13.3. The number of ether oxygens (including phenoxy) is 3. The molecule has 1 atom stereocenters. The summed E-state index contributed by atoms with van der Waals surface area (Å²) in [7, 11) is 0. The monoisotopic (exact) mass is 623 g/mol. The molecule has 0 saturated carbocycles. The molecule has 44 heavy (non-hydrogen) atoms. The fourth-order valence-corrected chi connectivity index (χ4v) is 3.68. The second-order valence-corrected chi connectivity index (χ2v) is 12.8. The van der Waals surface area contributed by atoms with Gasteiger partial charge in [0.05, 0.1) is 12.2 Å². The van der Waals surface area contributed by atoms with Gasteiger partial charge in [-0.05, 0) is 75.2 Å². The molecule has 2 rings (SSSR count). The van der Waals surface area contributed by atoms with Crippen molar-refractivity contribution in [2.45, 2.75) is 105 Å². The number of guanidine groups is 1. The topological polar surface area (TPSA) is 210 Å². The molecule has 246 valence electrons. The molecule has 0 fully saturated rings. The molecule has 1 unspecified atom stereocenters. The lowest BCUT2D eigenvalue weighted by atomic mass is 10.1. The van der Waals surface area contributed by atoms with Crippen molar-refractivity contribution in [1.82, 2.24) is 30.8 Å². The number of hydrazine groups is 1. The number of nitrogens with zero attached hydrogens (tertiary/aromatic N) is 5. The summed E-state index contributed by atoms with van der Waals surface area (Å²) in [6, 6.07) is -0.675. The smallest absolute Gasteiger partial charge is 0.437 e. The van der Waals surface area contributed by atoms with Crippen LogP contribution in [0, 0.1) is 0 Å². The SMILES string of the molecule is CC(C)(C)OC(=O)N=CN(NCCC(NC(=NC(=O)OC(C)(C)C)NC(=O)OC(C)(C)C)c1cnn2c1NCCC2)C(=O)O. The summed E-state index contributed by atoms with van der Waals surface area (Å²) in [6.07, 6.45) is -0.750. The van der Waals surface area contributed by atoms with E-state index in [0.717, 1.165) is 12.8 Å². The van der Waals surface area contributed by atoms with Gasteiger partial charge in [-0.2, -0.15) is 15.1 Å². The third-order valence-electron chi connectivity index (χ3n) is 5.20. The van der Waals surface area contributed by atoms with Crippen molar-refractivity contribution in [3.05, 3.63) is 11.8 Å². The lowest BCUT2D eigenvalue weighted by Crippen LogP contribution is -2.47. The molecule has 0 spiro atoms. The van der Waals surface area contributed by atoms with Crippen LogP contribution in [0.15, 0.2) is 16.2 Å². The van der Waals surface area contributed by atoms with Crippen molar-refractivity contribution in [2.24, 2.45) is 9.98 Å². The molecule has 1 aliphatic heterocycles. The van der Waals surface area contributed by atoms with Crippen LogP contribution in [-0.2, 0) is 20.8 Å². The number of fused-ring (bicyclic) bond motifs is 1. The van der Waals surface area contributed by atoms with Gasteiger partial charge in [0.25, 0.3) is 0 Å². The highest BCUT2D eigenvalue weighted by Crippen LogP contribution is 2.27. The predicted molar refractivity (Wildman–Crippen MR) is 161 cm³/mol. The Morgan fingerprint density at radius 1 is 1.05 bits per heavy atom. The van der Waals surface area contributed by atoms with E-state index in [9.17, 15) is 24.3 Å². The Morgan fingerprint density at radius 3 is 2.25 bits per heavy atom. The average molecular weight is 624 g/mol. The molecule has 5 N–H and O–H groups in total. The minimum atomic E-state index is -1.43. The zero-order chi connectivity index (χ0) is 33.3. The van der Waals surface area contributed by atoms with E-state index >= 15 is 0 Å². The Morgan fingerprint density at radius 2 is 1.66 bits per heavy atom. The lowest BCUT2D eigenvalue weighted by molar-refractivity contribution is 0.0555. The highest BCUT2D eigenvalue weighted by molar-refractivity contribution is 5.99. The van der Waals surface area contributed by atoms with Gasteiger partial charge in [0.2, 0.25) is 5.96 Å². The highest BCUT2D eigenvalue weighted by Gasteiger charge is 2.26. The van der Waals surface area contributed by atoms with Crippen LogP contribution in [0.1, 0.15) is 86.8 Å². The average Bonchev–Trinajstić information content (AvgIpc) is 3.25. The van der Waals surface area contributed by atoms with Crippen LogP contribution in [0.4, 0.5) is 25.0 Å². The summed E-state index contributed by atoms with van der Waals surface area (Å²) in [6.45, 7) is 16.4. The van der Waals surface area contributed by atoms with Crippen LogP contribution in [0.5, 0.6) is 0 Å². The molecule has 4 amide bonds. The number of anilines is 1. The van der Waals surface area contributed by atoms with Crippen molar-refractivity contribution >= 4 is 42.5 Å². The van der Waals surface area contributed by atoms with E-state index in [0.29, 0.717) is 29.5 Å². The van der Waals surface area contributed by atoms with E-state index in [1.165, 1.54) is 0 Å². The van der Waals surface area contributed by atoms with Crippen LogP contribution in [-0.4, -0.2) is 86.5 Å². The van der Waals surface area contributed by atoms with E-state index in [1.807, 2.05) is 0 Å². The zero-order valence-corrected chi connectivity index (χ0v) is 26.8. The number of hydrogen-bond acceptors (Lipinski definition) is 10. The third-order valence-corrected chi connectivity index (χ3v) is 5.20. The molecule has 1 aromatic rings. The number of aryl methyl sites for hydroxylation is 1. The van der Waals surface area contributed by atoms with Crippen molar-refractivity contribution in [1.29, 1.82) is 0 Å². The van der Waals surface area contributed by atoms with E-state index in [2.05, 4.69) is 36.5 Å². The molecule has 2 heterocycles. The molecule has 1 aliphatic rings. The van der Waals surface area contributed by atoms with E-state index in [1.54, 1.807) is 73.2 Å². The fourth-order valence-electron chi connectivity index (χ4n) is 3.68. The van der Waals surface area contributed by atoms with Crippen molar-refractivity contribution < 1.29 is 38.5 Å². The quantitative estimate of drug-likeness (QED) is 0.126. The van der Waals surface area contributed by atoms with Gasteiger partial charge in [0.1, 0.15) is 29.0 Å². The maximum atomic E-state index is 12.7. The minimum Gasteiger partial charge on any atom is -0.464 e. The second-order valence-electron chi connectivity index (χ2n) is 12.8. The molecular weight excluding hydrogens is 578 g/mol. The van der Waals surface area contributed by atoms with Crippen molar-refractivity contribution in [3.8, 4) is 0 Å². The first-order valence-electron chi connectivity index (χ1n) is 14.1. The van der Waals surface area contributed by atoms with E-state index in [-0.39, 0.29) is 18.9 Å². The minimum absolute atomic E-state index is 0.0150. The van der Waals surface area contributed by atoms with Gasteiger partial charge in [-0.3, -0.25) is 5.32 Å². The maximum absolute atomic E-state index is 12.7. The maximum Gasteiger partial charge on any atom is 0.437 e. The Balaban J connectivity index is 2.34. The summed E-state index contributed by atoms with van der Waals surface area (Å²) in [5, 5.41) is 23.5. The summed E-state index contributed by atoms with van der Waals surface area (Å²) in [4.78, 5) is 56.5. The molecule has 0 aliphatic carbocycles. The molecule has 0 saturated heterocycles. The first-order chi connectivity index (χ1) is 20.2. The molecule has 0 aromatic carbocycles. The zero-order valence-electron chi connectivity index (χ0n) is 26.8. The number of aromatic nitrogens is 2. The van der Waals surface area contributed by atoms with Crippen LogP contribution in [0.25, 0.3) is 0 Å². The van der Waals surface area contributed by atoms with Crippen LogP contribution >= 0.6 is 0 Å². The van der Waals surface area contributed by atoms with Crippen LogP contribution in [0.2, 0.25) is 0 Å². The molecule has 1 aromatic heterocycles. The number of amides is 4. The Hall–Kier alpha value is -4.41. The summed E-state index contributed by atoms with van der Waals surface area (Å²) >= 11 is 0. The number of aliphatic imine (C=N–C) groups is 2. The van der Waals surface area contributed by atoms with Crippen LogP contribution in [0.3, 0.4) is 0 Å². The molecule has 0 radical (unpaired) electrons. The number of carbonyl (C=O) groups excluding carboxylic acids is 3. The summed E-state index contributed by atoms with van der Waals surface area (Å²) in [5.74, 6) is 0.458. The van der Waals surface area contributed by atoms with Crippen molar-refractivity contribution in [3.63, 3.8) is 0 Å². The van der Waals surface area contributed by atoms with Gasteiger partial charge < -0.3 is 30.0 Å². The number of hydrogen-bond donors (Lipinski definition) is 5.